The minimum atomic E-state index is -0.0275. The molecule has 0 aromatic heterocycles. The normalized spacial score (nSPS) is 19.8. The first kappa shape index (κ1) is 13.4. The Morgan fingerprint density at radius 2 is 1.94 bits per heavy atom. The van der Waals surface area contributed by atoms with E-state index in [-0.39, 0.29) is 6.29 Å². The molecule has 0 saturated carbocycles. The van der Waals surface area contributed by atoms with Crippen molar-refractivity contribution in [1.82, 2.24) is 0 Å². The maximum absolute atomic E-state index is 5.78. The third-order valence-electron chi connectivity index (χ3n) is 3.18. The van der Waals surface area contributed by atoms with Gasteiger partial charge in [-0.05, 0) is 44.2 Å². The molecular weight excluding hydrogens is 228 g/mol. The van der Waals surface area contributed by atoms with Crippen molar-refractivity contribution in [1.29, 1.82) is 0 Å². The van der Waals surface area contributed by atoms with Crippen molar-refractivity contribution in [2.24, 2.45) is 0 Å². The van der Waals surface area contributed by atoms with E-state index >= 15 is 0 Å². The molecule has 0 aliphatic carbocycles. The summed E-state index contributed by atoms with van der Waals surface area (Å²) in [5.74, 6) is 0.977. The molecule has 1 aliphatic heterocycles. The van der Waals surface area contributed by atoms with Crippen molar-refractivity contribution in [2.75, 3.05) is 19.8 Å². The lowest BCUT2D eigenvalue weighted by atomic mass is 10.1. The lowest BCUT2D eigenvalue weighted by Crippen LogP contribution is -2.24. The zero-order chi connectivity index (χ0) is 12.8. The van der Waals surface area contributed by atoms with Gasteiger partial charge in [0.05, 0.1) is 6.61 Å². The molecule has 0 amide bonds. The summed E-state index contributed by atoms with van der Waals surface area (Å²) in [7, 11) is 0. The summed E-state index contributed by atoms with van der Waals surface area (Å²) < 4.78 is 16.9. The minimum absolute atomic E-state index is 0.0275. The lowest BCUT2D eigenvalue weighted by molar-refractivity contribution is -0.165. The van der Waals surface area contributed by atoms with Gasteiger partial charge in [-0.25, -0.2) is 0 Å². The molecule has 3 heteroatoms. The molecule has 0 N–H and O–H groups in total. The summed E-state index contributed by atoms with van der Waals surface area (Å²) in [6, 6.07) is 6.17. The van der Waals surface area contributed by atoms with Gasteiger partial charge in [-0.1, -0.05) is 18.2 Å². The van der Waals surface area contributed by atoms with E-state index in [9.17, 15) is 0 Å². The third kappa shape index (κ3) is 3.72. The Morgan fingerprint density at radius 3 is 2.61 bits per heavy atom. The molecule has 0 unspecified atom stereocenters. The van der Waals surface area contributed by atoms with Crippen LogP contribution in [0.3, 0.4) is 0 Å². The molecule has 100 valence electrons. The van der Waals surface area contributed by atoms with Gasteiger partial charge in [0.1, 0.15) is 12.4 Å². The summed E-state index contributed by atoms with van der Waals surface area (Å²) in [6.45, 7) is 6.10. The van der Waals surface area contributed by atoms with Crippen LogP contribution in [-0.4, -0.2) is 26.1 Å². The molecule has 1 atom stereocenters. The highest BCUT2D eigenvalue weighted by Crippen LogP contribution is 2.22. The van der Waals surface area contributed by atoms with Gasteiger partial charge in [0.25, 0.3) is 0 Å². The van der Waals surface area contributed by atoms with Gasteiger partial charge in [0.15, 0.2) is 6.29 Å². The van der Waals surface area contributed by atoms with Crippen molar-refractivity contribution in [3.05, 3.63) is 29.3 Å². The van der Waals surface area contributed by atoms with Crippen LogP contribution >= 0.6 is 0 Å². The molecule has 0 spiro atoms. The van der Waals surface area contributed by atoms with E-state index in [0.717, 1.165) is 25.2 Å². The maximum Gasteiger partial charge on any atom is 0.157 e. The van der Waals surface area contributed by atoms with Gasteiger partial charge in [-0.3, -0.25) is 0 Å². The highest BCUT2D eigenvalue weighted by molar-refractivity contribution is 5.39. The third-order valence-corrected chi connectivity index (χ3v) is 3.18. The largest absolute Gasteiger partial charge is 0.491 e. The van der Waals surface area contributed by atoms with Crippen LogP contribution in [0.15, 0.2) is 18.2 Å². The Kier molecular flexibility index (Phi) is 5.02. The van der Waals surface area contributed by atoms with Gasteiger partial charge in [0.2, 0.25) is 0 Å². The Bertz CT molecular complexity index is 350. The van der Waals surface area contributed by atoms with Crippen molar-refractivity contribution in [3.8, 4) is 5.75 Å². The first-order valence-corrected chi connectivity index (χ1v) is 6.69. The van der Waals surface area contributed by atoms with Crippen LogP contribution in [0.4, 0.5) is 0 Å². The molecule has 3 nitrogen and oxygen atoms in total. The number of aryl methyl sites for hydroxylation is 2. The molecule has 18 heavy (non-hydrogen) atoms. The summed E-state index contributed by atoms with van der Waals surface area (Å²) >= 11 is 0. The maximum atomic E-state index is 5.78. The monoisotopic (exact) mass is 250 g/mol. The minimum Gasteiger partial charge on any atom is -0.491 e. The number of hydrogen-bond donors (Lipinski definition) is 0. The number of hydrogen-bond acceptors (Lipinski definition) is 3. The van der Waals surface area contributed by atoms with Crippen LogP contribution < -0.4 is 4.74 Å². The van der Waals surface area contributed by atoms with E-state index in [1.54, 1.807) is 0 Å². The quantitative estimate of drug-likeness (QED) is 0.751. The smallest absolute Gasteiger partial charge is 0.157 e. The zero-order valence-corrected chi connectivity index (χ0v) is 11.3. The number of para-hydroxylation sites is 1. The second-order valence-corrected chi connectivity index (χ2v) is 4.74. The van der Waals surface area contributed by atoms with Crippen molar-refractivity contribution >= 4 is 0 Å². The Labute approximate surface area is 109 Å². The number of rotatable bonds is 5. The lowest BCUT2D eigenvalue weighted by Gasteiger charge is -2.22. The van der Waals surface area contributed by atoms with E-state index in [1.165, 1.54) is 17.5 Å². The van der Waals surface area contributed by atoms with Crippen LogP contribution in [-0.2, 0) is 9.47 Å². The molecule has 1 aromatic rings. The van der Waals surface area contributed by atoms with Crippen molar-refractivity contribution in [3.63, 3.8) is 0 Å². The first-order chi connectivity index (χ1) is 8.77. The molecule has 1 aliphatic rings. The molecule has 1 aromatic carbocycles. The van der Waals surface area contributed by atoms with E-state index in [0.29, 0.717) is 13.2 Å². The first-order valence-electron chi connectivity index (χ1n) is 6.69. The zero-order valence-electron chi connectivity index (χ0n) is 11.3. The molecular formula is C15H22O3. The fourth-order valence-electron chi connectivity index (χ4n) is 2.19. The highest BCUT2D eigenvalue weighted by Gasteiger charge is 2.13. The molecule has 1 fully saturated rings. The average Bonchev–Trinajstić information content (AvgIpc) is 2.38. The molecule has 0 bridgehead atoms. The molecule has 1 saturated heterocycles. The average molecular weight is 250 g/mol. The van der Waals surface area contributed by atoms with E-state index in [1.807, 2.05) is 6.07 Å². The Morgan fingerprint density at radius 1 is 1.17 bits per heavy atom. The van der Waals surface area contributed by atoms with Gasteiger partial charge in [-0.2, -0.15) is 0 Å². The van der Waals surface area contributed by atoms with Crippen LogP contribution in [0.25, 0.3) is 0 Å². The fraction of sp³-hybridized carbons (Fsp3) is 0.600. The van der Waals surface area contributed by atoms with Gasteiger partial charge in [-0.15, -0.1) is 0 Å². The van der Waals surface area contributed by atoms with Crippen LogP contribution in [0, 0.1) is 13.8 Å². The highest BCUT2D eigenvalue weighted by atomic mass is 16.7. The second-order valence-electron chi connectivity index (χ2n) is 4.74. The topological polar surface area (TPSA) is 27.7 Å². The standard InChI is InChI=1S/C15H22O3/c1-12-6-5-7-13(2)15(12)18-11-10-17-14-8-3-4-9-16-14/h5-7,14H,3-4,8-11H2,1-2H3/t14-/m0/s1. The van der Waals surface area contributed by atoms with E-state index < -0.39 is 0 Å². The predicted octanol–water partition coefficient (Wildman–Crippen LogP) is 3.23. The molecule has 1 heterocycles. The Balaban J connectivity index is 1.71. The van der Waals surface area contributed by atoms with Gasteiger partial charge >= 0.3 is 0 Å². The summed E-state index contributed by atoms with van der Waals surface area (Å²) in [4.78, 5) is 0. The van der Waals surface area contributed by atoms with Crippen molar-refractivity contribution in [2.45, 2.75) is 39.4 Å². The fourth-order valence-corrected chi connectivity index (χ4v) is 2.19. The van der Waals surface area contributed by atoms with Gasteiger partial charge in [0, 0.05) is 6.61 Å². The predicted molar refractivity (Wildman–Crippen MR) is 71.0 cm³/mol. The number of ether oxygens (including phenoxy) is 3. The second kappa shape index (κ2) is 6.76. The van der Waals surface area contributed by atoms with E-state index in [2.05, 4.69) is 26.0 Å². The number of benzene rings is 1. The van der Waals surface area contributed by atoms with Crippen LogP contribution in [0.5, 0.6) is 5.75 Å². The van der Waals surface area contributed by atoms with E-state index in [4.69, 9.17) is 14.2 Å². The Hall–Kier alpha value is -1.06. The summed E-state index contributed by atoms with van der Waals surface area (Å²) in [5.41, 5.74) is 2.34. The molecule has 2 rings (SSSR count). The van der Waals surface area contributed by atoms with Crippen molar-refractivity contribution < 1.29 is 14.2 Å². The summed E-state index contributed by atoms with van der Waals surface area (Å²) in [5, 5.41) is 0. The van der Waals surface area contributed by atoms with Crippen LogP contribution in [0.2, 0.25) is 0 Å². The summed E-state index contributed by atoms with van der Waals surface area (Å²) in [6.07, 6.45) is 3.32. The van der Waals surface area contributed by atoms with Crippen LogP contribution in [0.1, 0.15) is 30.4 Å². The SMILES string of the molecule is Cc1cccc(C)c1OCCO[C@H]1CCCCO1. The molecule has 0 radical (unpaired) electrons. The van der Waals surface area contributed by atoms with Gasteiger partial charge < -0.3 is 14.2 Å².